The summed E-state index contributed by atoms with van der Waals surface area (Å²) in [5.74, 6) is -1.29. The minimum atomic E-state index is -4.97. The zero-order valence-corrected chi connectivity index (χ0v) is 70.7. The molecule has 0 aromatic carbocycles. The molecule has 0 aliphatic heterocycles. The van der Waals surface area contributed by atoms with Crippen LogP contribution in [0.1, 0.15) is 465 Å². The van der Waals surface area contributed by atoms with Gasteiger partial charge in [0.05, 0.1) is 26.4 Å². The van der Waals surface area contributed by atoms with Gasteiger partial charge in [0.2, 0.25) is 0 Å². The zero-order chi connectivity index (χ0) is 76.9. The lowest BCUT2D eigenvalue weighted by Crippen LogP contribution is -2.30. The maximum Gasteiger partial charge on any atom is 0.472 e. The Morgan fingerprint density at radius 2 is 0.438 bits per heavy atom. The Labute approximate surface area is 645 Å². The lowest BCUT2D eigenvalue weighted by atomic mass is 10.0. The topological polar surface area (TPSA) is 237 Å². The highest BCUT2D eigenvalue weighted by atomic mass is 31.2. The second-order valence-corrected chi connectivity index (χ2v) is 34.3. The molecule has 0 rings (SSSR count). The van der Waals surface area contributed by atoms with E-state index in [2.05, 4.69) is 34.6 Å². The summed E-state index contributed by atoms with van der Waals surface area (Å²) in [4.78, 5) is 73.2. The molecule has 0 spiro atoms. The van der Waals surface area contributed by atoms with Gasteiger partial charge in [0.25, 0.3) is 0 Å². The fourth-order valence-corrected chi connectivity index (χ4v) is 15.1. The Morgan fingerprint density at radius 1 is 0.257 bits per heavy atom. The maximum atomic E-state index is 13.1. The van der Waals surface area contributed by atoms with Crippen LogP contribution in [0.15, 0.2) is 0 Å². The highest BCUT2D eigenvalue weighted by Crippen LogP contribution is 2.45. The van der Waals surface area contributed by atoms with E-state index in [1.165, 1.54) is 289 Å². The summed E-state index contributed by atoms with van der Waals surface area (Å²) in [6.07, 6.45) is 72.2. The number of ether oxygens (including phenoxy) is 4. The number of esters is 4. The van der Waals surface area contributed by atoms with Crippen molar-refractivity contribution in [3.63, 3.8) is 0 Å². The van der Waals surface area contributed by atoms with Gasteiger partial charge >= 0.3 is 39.5 Å². The molecule has 0 heterocycles. The number of aliphatic hydroxyl groups is 1. The molecule has 3 N–H and O–H groups in total. The molecule has 624 valence electrons. The van der Waals surface area contributed by atoms with Crippen molar-refractivity contribution >= 4 is 39.5 Å². The summed E-state index contributed by atoms with van der Waals surface area (Å²) in [6.45, 7) is 7.39. The van der Waals surface area contributed by atoms with Crippen molar-refractivity contribution in [2.24, 2.45) is 5.92 Å². The summed E-state index contributed by atoms with van der Waals surface area (Å²) in [5.41, 5.74) is 0. The molecule has 0 amide bonds. The first-order valence-electron chi connectivity index (χ1n) is 44.6. The molecular weight excluding hydrogens is 1370 g/mol. The Balaban J connectivity index is 5.22. The van der Waals surface area contributed by atoms with Crippen LogP contribution in [-0.2, 0) is 65.4 Å². The molecule has 5 atom stereocenters. The van der Waals surface area contributed by atoms with E-state index in [-0.39, 0.29) is 25.7 Å². The van der Waals surface area contributed by atoms with E-state index in [0.29, 0.717) is 25.7 Å². The third-order valence-corrected chi connectivity index (χ3v) is 22.2. The largest absolute Gasteiger partial charge is 0.472 e. The number of hydrogen-bond acceptors (Lipinski definition) is 15. The lowest BCUT2D eigenvalue weighted by Gasteiger charge is -2.21. The molecule has 105 heavy (non-hydrogen) atoms. The fraction of sp³-hybridized carbons (Fsp3) is 0.953. The van der Waals surface area contributed by atoms with Crippen molar-refractivity contribution in [2.75, 3.05) is 39.6 Å². The van der Waals surface area contributed by atoms with Crippen molar-refractivity contribution in [1.82, 2.24) is 0 Å². The van der Waals surface area contributed by atoms with Crippen LogP contribution in [-0.4, -0.2) is 96.7 Å². The van der Waals surface area contributed by atoms with Crippen molar-refractivity contribution in [3.8, 4) is 0 Å². The molecule has 0 aliphatic rings. The van der Waals surface area contributed by atoms with Crippen molar-refractivity contribution < 1.29 is 80.2 Å². The molecule has 0 saturated carbocycles. The first-order valence-corrected chi connectivity index (χ1v) is 47.6. The van der Waals surface area contributed by atoms with Crippen LogP contribution < -0.4 is 0 Å². The van der Waals surface area contributed by atoms with Gasteiger partial charge in [-0.1, -0.05) is 413 Å². The number of phosphoric acid groups is 2. The van der Waals surface area contributed by atoms with Gasteiger partial charge in [0.1, 0.15) is 19.3 Å². The predicted molar refractivity (Wildman–Crippen MR) is 432 cm³/mol. The lowest BCUT2D eigenvalue weighted by molar-refractivity contribution is -0.161. The number of phosphoric ester groups is 2. The van der Waals surface area contributed by atoms with Gasteiger partial charge in [-0.05, 0) is 31.6 Å². The van der Waals surface area contributed by atoms with Gasteiger partial charge in [-0.25, -0.2) is 9.13 Å². The normalized spacial score (nSPS) is 13.8. The molecule has 0 bridgehead atoms. The van der Waals surface area contributed by atoms with Gasteiger partial charge in [0.15, 0.2) is 12.2 Å². The summed E-state index contributed by atoms with van der Waals surface area (Å²) in [6, 6.07) is 0. The number of carbonyl (C=O) groups excluding carboxylic acids is 4. The molecule has 0 aliphatic carbocycles. The van der Waals surface area contributed by atoms with E-state index in [9.17, 15) is 43.2 Å². The third kappa shape index (κ3) is 79.9. The van der Waals surface area contributed by atoms with Crippen LogP contribution >= 0.6 is 15.6 Å². The zero-order valence-electron chi connectivity index (χ0n) is 68.9. The standard InChI is InChI=1S/C86H168O17P2/c1-6-9-12-15-18-21-24-26-28-30-31-33-37-41-45-50-55-60-65-70-84(89)97-76-82(103-86(91)72-67-62-57-52-47-43-39-35-34-36-40-44-48-53-58-63-68-79(4)5)78-101-105(94,95)99-74-80(87)73-98-104(92,93)100-77-81(75-96-83(88)69-64-59-54-49-23-20-17-14-11-8-3)102-85(90)71-66-61-56-51-46-42-38-32-29-27-25-22-19-16-13-10-7-2/h79-82,87H,6-78H2,1-5H3,(H,92,93)(H,94,95)/t80-,81+,82+/m0/s1. The Kier molecular flexibility index (Phi) is 77.3. The predicted octanol–water partition coefficient (Wildman–Crippen LogP) is 26.4. The smallest absolute Gasteiger partial charge is 0.462 e. The van der Waals surface area contributed by atoms with Gasteiger partial charge in [0, 0.05) is 25.7 Å². The molecule has 0 aromatic heterocycles. The highest BCUT2D eigenvalue weighted by Gasteiger charge is 2.30. The van der Waals surface area contributed by atoms with Gasteiger partial charge < -0.3 is 33.8 Å². The van der Waals surface area contributed by atoms with Gasteiger partial charge in [-0.2, -0.15) is 0 Å². The molecule has 0 fully saturated rings. The van der Waals surface area contributed by atoms with Crippen molar-refractivity contribution in [3.05, 3.63) is 0 Å². The fourth-order valence-electron chi connectivity index (χ4n) is 13.5. The average molecular weight is 1540 g/mol. The summed E-state index contributed by atoms with van der Waals surface area (Å²) < 4.78 is 68.9. The van der Waals surface area contributed by atoms with Crippen molar-refractivity contribution in [2.45, 2.75) is 483 Å². The SMILES string of the molecule is CCCCCCCCCCCCCCCCCCCCCC(=O)OC[C@H](COP(=O)(O)OC[C@@H](O)COP(=O)(O)OC[C@@H](COC(=O)CCCCCCCCCCCC)OC(=O)CCCCCCCCCCCCCCCCCCC)OC(=O)CCCCCCCCCCCCCCCCCCC(C)C. The van der Waals surface area contributed by atoms with Crippen LogP contribution in [0, 0.1) is 5.92 Å². The summed E-state index contributed by atoms with van der Waals surface area (Å²) in [5, 5.41) is 10.7. The Morgan fingerprint density at radius 3 is 0.648 bits per heavy atom. The first kappa shape index (κ1) is 103. The monoisotopic (exact) mass is 1540 g/mol. The second-order valence-electron chi connectivity index (χ2n) is 31.4. The summed E-state index contributed by atoms with van der Waals surface area (Å²) >= 11 is 0. The van der Waals surface area contributed by atoms with E-state index < -0.39 is 97.5 Å². The molecule has 0 saturated heterocycles. The number of rotatable bonds is 86. The third-order valence-electron chi connectivity index (χ3n) is 20.3. The molecule has 0 radical (unpaired) electrons. The Bertz CT molecular complexity index is 2000. The van der Waals surface area contributed by atoms with E-state index in [1.54, 1.807) is 0 Å². The van der Waals surface area contributed by atoms with Crippen LogP contribution in [0.25, 0.3) is 0 Å². The van der Waals surface area contributed by atoms with Crippen LogP contribution in [0.4, 0.5) is 0 Å². The minimum absolute atomic E-state index is 0.109. The minimum Gasteiger partial charge on any atom is -0.462 e. The van der Waals surface area contributed by atoms with Gasteiger partial charge in [-0.3, -0.25) is 37.3 Å². The van der Waals surface area contributed by atoms with Crippen molar-refractivity contribution in [1.29, 1.82) is 0 Å². The number of hydrogen-bond donors (Lipinski definition) is 3. The quantitative estimate of drug-likeness (QED) is 0.0222. The van der Waals surface area contributed by atoms with Crippen LogP contribution in [0.3, 0.4) is 0 Å². The highest BCUT2D eigenvalue weighted by molar-refractivity contribution is 7.47. The van der Waals surface area contributed by atoms with E-state index >= 15 is 0 Å². The van der Waals surface area contributed by atoms with E-state index in [1.807, 2.05) is 0 Å². The Hall–Kier alpha value is -1.94. The maximum absolute atomic E-state index is 13.1. The number of aliphatic hydroxyl groups excluding tert-OH is 1. The molecule has 17 nitrogen and oxygen atoms in total. The van der Waals surface area contributed by atoms with E-state index in [4.69, 9.17) is 37.0 Å². The van der Waals surface area contributed by atoms with Crippen LogP contribution in [0.2, 0.25) is 0 Å². The molecular formula is C86H168O17P2. The number of carbonyl (C=O) groups is 4. The molecule has 19 heteroatoms. The van der Waals surface area contributed by atoms with E-state index in [0.717, 1.165) is 95.8 Å². The van der Waals surface area contributed by atoms with Crippen LogP contribution in [0.5, 0.6) is 0 Å². The molecule has 0 aromatic rings. The first-order chi connectivity index (χ1) is 51.0. The molecule has 2 unspecified atom stereocenters. The average Bonchev–Trinajstić information content (AvgIpc) is 0.921. The second kappa shape index (κ2) is 78.7. The summed E-state index contributed by atoms with van der Waals surface area (Å²) in [7, 11) is -9.93. The number of unbranched alkanes of at least 4 members (excludes halogenated alkanes) is 58. The van der Waals surface area contributed by atoms with Gasteiger partial charge in [-0.15, -0.1) is 0 Å².